The molecule has 0 saturated carbocycles. The molecule has 6 heteroatoms. The fourth-order valence-electron chi connectivity index (χ4n) is 3.86. The molecule has 32 heavy (non-hydrogen) atoms. The van der Waals surface area contributed by atoms with Crippen molar-refractivity contribution >= 4 is 17.4 Å². The topological polar surface area (TPSA) is 73.2 Å². The van der Waals surface area contributed by atoms with E-state index in [1.807, 2.05) is 31.2 Å². The Kier molecular flexibility index (Phi) is 7.00. The molecular formula is C26H29N3O3. The van der Waals surface area contributed by atoms with Crippen LogP contribution in [0.5, 0.6) is 5.75 Å². The molecule has 1 aliphatic rings. The standard InChI is InChI=1S/C26H29N3O3/c1-2-16-32-22-11-9-19(10-12-22)24(30)13-14-26(31)27-21-7-5-6-20(17-21)23-18-29-15-4-3-8-25(29)28-23/h5-7,9-12,17-18H,2-4,8,13-16H2,1H3,(H,27,31). The van der Waals surface area contributed by atoms with Crippen LogP contribution in [0, 0.1) is 0 Å². The fraction of sp³-hybridized carbons (Fsp3) is 0.346. The maximum atomic E-state index is 12.4. The summed E-state index contributed by atoms with van der Waals surface area (Å²) < 4.78 is 7.76. The Morgan fingerprint density at radius 2 is 1.94 bits per heavy atom. The van der Waals surface area contributed by atoms with Gasteiger partial charge in [0.05, 0.1) is 12.3 Å². The van der Waals surface area contributed by atoms with Gasteiger partial charge in [-0.1, -0.05) is 19.1 Å². The van der Waals surface area contributed by atoms with Gasteiger partial charge in [-0.25, -0.2) is 4.98 Å². The number of hydrogen-bond donors (Lipinski definition) is 1. The van der Waals surface area contributed by atoms with Crippen molar-refractivity contribution in [3.8, 4) is 17.0 Å². The van der Waals surface area contributed by atoms with Crippen molar-refractivity contribution in [1.82, 2.24) is 9.55 Å². The summed E-state index contributed by atoms with van der Waals surface area (Å²) in [6, 6.07) is 14.8. The van der Waals surface area contributed by atoms with Crippen molar-refractivity contribution in [2.45, 2.75) is 52.0 Å². The molecule has 2 heterocycles. The molecule has 0 fully saturated rings. The Morgan fingerprint density at radius 1 is 1.09 bits per heavy atom. The molecule has 0 spiro atoms. The van der Waals surface area contributed by atoms with E-state index in [9.17, 15) is 9.59 Å². The minimum Gasteiger partial charge on any atom is -0.494 e. The Bertz CT molecular complexity index is 1060. The molecular weight excluding hydrogens is 402 g/mol. The SMILES string of the molecule is CCCOc1ccc(C(=O)CCC(=O)Nc2cccc(-c3cn4c(n3)CCCC4)c2)cc1. The van der Waals surface area contributed by atoms with E-state index < -0.39 is 0 Å². The number of ether oxygens (including phenoxy) is 1. The third-order valence-corrected chi connectivity index (χ3v) is 5.58. The second kappa shape index (κ2) is 10.3. The molecule has 166 valence electrons. The Hall–Kier alpha value is -3.41. The van der Waals surface area contributed by atoms with Gasteiger partial charge in [0.2, 0.25) is 5.91 Å². The zero-order chi connectivity index (χ0) is 22.3. The van der Waals surface area contributed by atoms with Gasteiger partial charge in [-0.05, 0) is 55.7 Å². The van der Waals surface area contributed by atoms with Crippen molar-refractivity contribution < 1.29 is 14.3 Å². The molecule has 0 aliphatic carbocycles. The van der Waals surface area contributed by atoms with Crippen molar-refractivity contribution in [3.05, 3.63) is 66.1 Å². The first kappa shape index (κ1) is 21.8. The van der Waals surface area contributed by atoms with Gasteiger partial charge >= 0.3 is 0 Å². The minimum atomic E-state index is -0.178. The summed E-state index contributed by atoms with van der Waals surface area (Å²) in [7, 11) is 0. The zero-order valence-electron chi connectivity index (χ0n) is 18.5. The van der Waals surface area contributed by atoms with Crippen LogP contribution in [0.2, 0.25) is 0 Å². The summed E-state index contributed by atoms with van der Waals surface area (Å²) in [6.45, 7) is 3.71. The average molecular weight is 432 g/mol. The summed E-state index contributed by atoms with van der Waals surface area (Å²) in [6.07, 6.45) is 6.70. The maximum absolute atomic E-state index is 12.4. The Labute approximate surface area is 188 Å². The molecule has 6 nitrogen and oxygen atoms in total. The predicted octanol–water partition coefficient (Wildman–Crippen LogP) is 5.28. The normalized spacial score (nSPS) is 12.8. The number of Topliss-reactive ketones (excluding diaryl/α,β-unsaturated/α-hetero) is 1. The molecule has 1 aromatic heterocycles. The van der Waals surface area contributed by atoms with Gasteiger partial charge in [-0.3, -0.25) is 9.59 Å². The average Bonchev–Trinajstić information content (AvgIpc) is 3.26. The number of anilines is 1. The molecule has 1 N–H and O–H groups in total. The van der Waals surface area contributed by atoms with Gasteiger partial charge in [0.15, 0.2) is 5.78 Å². The van der Waals surface area contributed by atoms with Crippen molar-refractivity contribution in [2.24, 2.45) is 0 Å². The number of carbonyl (C=O) groups excluding carboxylic acids is 2. The zero-order valence-corrected chi connectivity index (χ0v) is 18.5. The number of amides is 1. The third-order valence-electron chi connectivity index (χ3n) is 5.58. The van der Waals surface area contributed by atoms with Gasteiger partial charge in [0, 0.05) is 48.8 Å². The minimum absolute atomic E-state index is 0.0560. The van der Waals surface area contributed by atoms with Gasteiger partial charge in [0.25, 0.3) is 0 Å². The van der Waals surface area contributed by atoms with E-state index in [1.165, 1.54) is 12.8 Å². The summed E-state index contributed by atoms with van der Waals surface area (Å²) in [5.74, 6) is 1.64. The van der Waals surface area contributed by atoms with E-state index in [-0.39, 0.29) is 24.5 Å². The van der Waals surface area contributed by atoms with Crippen LogP contribution in [0.15, 0.2) is 54.7 Å². The fourth-order valence-corrected chi connectivity index (χ4v) is 3.86. The van der Waals surface area contributed by atoms with E-state index in [0.29, 0.717) is 17.9 Å². The van der Waals surface area contributed by atoms with Crippen LogP contribution in [0.1, 0.15) is 55.2 Å². The number of ketones is 1. The summed E-state index contributed by atoms with van der Waals surface area (Å²) in [5.41, 5.74) is 3.21. The highest BCUT2D eigenvalue weighted by atomic mass is 16.5. The van der Waals surface area contributed by atoms with Crippen molar-refractivity contribution in [1.29, 1.82) is 0 Å². The van der Waals surface area contributed by atoms with E-state index >= 15 is 0 Å². The monoisotopic (exact) mass is 431 g/mol. The first-order valence-electron chi connectivity index (χ1n) is 11.3. The summed E-state index contributed by atoms with van der Waals surface area (Å²) >= 11 is 0. The molecule has 1 aliphatic heterocycles. The Balaban J connectivity index is 1.32. The van der Waals surface area contributed by atoms with Crippen LogP contribution >= 0.6 is 0 Å². The highest BCUT2D eigenvalue weighted by Gasteiger charge is 2.14. The van der Waals surface area contributed by atoms with Crippen molar-refractivity contribution in [2.75, 3.05) is 11.9 Å². The highest BCUT2D eigenvalue weighted by molar-refractivity contribution is 6.00. The number of aromatic nitrogens is 2. The molecule has 0 radical (unpaired) electrons. The molecule has 0 saturated heterocycles. The molecule has 0 bridgehead atoms. The van der Waals surface area contributed by atoms with Crippen LogP contribution in [0.25, 0.3) is 11.3 Å². The molecule has 3 aromatic rings. The van der Waals surface area contributed by atoms with Gasteiger partial charge in [-0.2, -0.15) is 0 Å². The third kappa shape index (κ3) is 5.44. The van der Waals surface area contributed by atoms with Crippen LogP contribution in [0.4, 0.5) is 5.69 Å². The largest absolute Gasteiger partial charge is 0.494 e. The quantitative estimate of drug-likeness (QED) is 0.468. The van der Waals surface area contributed by atoms with Crippen LogP contribution < -0.4 is 10.1 Å². The lowest BCUT2D eigenvalue weighted by molar-refractivity contribution is -0.116. The van der Waals surface area contributed by atoms with E-state index in [1.54, 1.807) is 24.3 Å². The number of hydrogen-bond acceptors (Lipinski definition) is 4. The Morgan fingerprint density at radius 3 is 2.72 bits per heavy atom. The second-order valence-electron chi connectivity index (χ2n) is 8.12. The van der Waals surface area contributed by atoms with E-state index in [2.05, 4.69) is 16.1 Å². The van der Waals surface area contributed by atoms with Crippen LogP contribution in [-0.4, -0.2) is 27.8 Å². The van der Waals surface area contributed by atoms with E-state index in [4.69, 9.17) is 9.72 Å². The lowest BCUT2D eigenvalue weighted by Gasteiger charge is -2.11. The predicted molar refractivity (Wildman–Crippen MR) is 125 cm³/mol. The number of aryl methyl sites for hydroxylation is 2. The first-order valence-corrected chi connectivity index (χ1v) is 11.3. The van der Waals surface area contributed by atoms with E-state index in [0.717, 1.165) is 42.2 Å². The number of nitrogens with one attached hydrogen (secondary N) is 1. The number of rotatable bonds is 9. The molecule has 0 atom stereocenters. The highest BCUT2D eigenvalue weighted by Crippen LogP contribution is 2.25. The van der Waals surface area contributed by atoms with Crippen LogP contribution in [-0.2, 0) is 17.8 Å². The number of benzene rings is 2. The number of fused-ring (bicyclic) bond motifs is 1. The summed E-state index contributed by atoms with van der Waals surface area (Å²) in [5, 5.41) is 2.91. The lowest BCUT2D eigenvalue weighted by atomic mass is 10.1. The number of imidazole rings is 1. The molecule has 1 amide bonds. The lowest BCUT2D eigenvalue weighted by Crippen LogP contribution is -2.13. The smallest absolute Gasteiger partial charge is 0.224 e. The second-order valence-corrected chi connectivity index (χ2v) is 8.12. The molecule has 2 aromatic carbocycles. The van der Waals surface area contributed by atoms with Crippen molar-refractivity contribution in [3.63, 3.8) is 0 Å². The molecule has 0 unspecified atom stereocenters. The molecule has 4 rings (SSSR count). The van der Waals surface area contributed by atoms with Gasteiger partial charge < -0.3 is 14.6 Å². The van der Waals surface area contributed by atoms with Gasteiger partial charge in [0.1, 0.15) is 11.6 Å². The van der Waals surface area contributed by atoms with Crippen LogP contribution in [0.3, 0.4) is 0 Å². The van der Waals surface area contributed by atoms with Gasteiger partial charge in [-0.15, -0.1) is 0 Å². The first-order chi connectivity index (χ1) is 15.6. The maximum Gasteiger partial charge on any atom is 0.224 e. The number of nitrogens with zero attached hydrogens (tertiary/aromatic N) is 2. The summed E-state index contributed by atoms with van der Waals surface area (Å²) in [4.78, 5) is 29.6. The number of carbonyl (C=O) groups is 2.